The number of nitrogens with zero attached hydrogens (tertiary/aromatic N) is 1. The van der Waals surface area contributed by atoms with Gasteiger partial charge < -0.3 is 14.2 Å². The van der Waals surface area contributed by atoms with Crippen LogP contribution in [0.15, 0.2) is 49.1 Å². The van der Waals surface area contributed by atoms with Gasteiger partial charge in [0.05, 0.1) is 24.8 Å². The number of hydrogen-bond acceptors (Lipinski definition) is 5. The molecule has 0 N–H and O–H groups in total. The van der Waals surface area contributed by atoms with Gasteiger partial charge in [-0.2, -0.15) is 5.26 Å². The van der Waals surface area contributed by atoms with Gasteiger partial charge in [-0.1, -0.05) is 18.7 Å². The van der Waals surface area contributed by atoms with Crippen LogP contribution >= 0.6 is 0 Å². The molecule has 0 fully saturated rings. The van der Waals surface area contributed by atoms with Crippen molar-refractivity contribution in [3.05, 3.63) is 54.6 Å². The molecule has 118 valence electrons. The molecule has 0 unspecified atom stereocenters. The molecule has 5 nitrogen and oxygen atoms in total. The Morgan fingerprint density at radius 1 is 1.09 bits per heavy atom. The monoisotopic (exact) mass is 311 g/mol. The van der Waals surface area contributed by atoms with Crippen LogP contribution in [0, 0.1) is 11.3 Å². The van der Waals surface area contributed by atoms with Crippen LogP contribution in [0.1, 0.15) is 5.56 Å². The molecule has 0 amide bonds. The highest BCUT2D eigenvalue weighted by molar-refractivity contribution is 5.85. The van der Waals surface area contributed by atoms with Gasteiger partial charge in [-0.25, -0.2) is 4.79 Å². The molecule has 0 atom stereocenters. The number of carbonyl (C=O) groups excluding carboxylic acids is 1. The number of carbonyl (C=O) groups is 1. The fourth-order valence-electron chi connectivity index (χ4n) is 1.96. The smallest absolute Gasteiger partial charge is 0.330 e. The molecule has 0 aliphatic heterocycles. The zero-order valence-corrected chi connectivity index (χ0v) is 12.7. The summed E-state index contributed by atoms with van der Waals surface area (Å²) in [7, 11) is 0. The lowest BCUT2D eigenvalue weighted by Gasteiger charge is -2.08. The van der Waals surface area contributed by atoms with Crippen LogP contribution in [-0.4, -0.2) is 32.4 Å². The van der Waals surface area contributed by atoms with Crippen LogP contribution in [0.2, 0.25) is 0 Å². The normalized spacial score (nSPS) is 10.0. The van der Waals surface area contributed by atoms with E-state index in [1.54, 1.807) is 6.07 Å². The standard InChI is InChI=1S/C18H17NO4/c1-2-18(20)23-10-8-21-7-9-22-17-6-5-15-11-14(13-19)3-4-16(15)12-17/h2-6,11-12H,1,7-10H2. The summed E-state index contributed by atoms with van der Waals surface area (Å²) in [5, 5.41) is 10.9. The third-order valence-corrected chi connectivity index (χ3v) is 3.08. The Balaban J connectivity index is 1.74. The van der Waals surface area contributed by atoms with E-state index in [0.717, 1.165) is 22.6 Å². The Morgan fingerprint density at radius 2 is 1.83 bits per heavy atom. The van der Waals surface area contributed by atoms with Crippen molar-refractivity contribution in [1.29, 1.82) is 5.26 Å². The minimum absolute atomic E-state index is 0.196. The van der Waals surface area contributed by atoms with Crippen LogP contribution in [0.25, 0.3) is 10.8 Å². The van der Waals surface area contributed by atoms with E-state index in [1.165, 1.54) is 0 Å². The van der Waals surface area contributed by atoms with Crippen molar-refractivity contribution in [2.75, 3.05) is 26.4 Å². The van der Waals surface area contributed by atoms with Gasteiger partial charge in [0.1, 0.15) is 19.0 Å². The number of fused-ring (bicyclic) bond motifs is 1. The van der Waals surface area contributed by atoms with E-state index in [1.807, 2.05) is 30.3 Å². The number of benzene rings is 2. The Bertz CT molecular complexity index is 733. The Hall–Kier alpha value is -2.84. The highest BCUT2D eigenvalue weighted by Crippen LogP contribution is 2.21. The minimum atomic E-state index is -0.458. The summed E-state index contributed by atoms with van der Waals surface area (Å²) in [5.41, 5.74) is 0.636. The molecule has 0 aliphatic carbocycles. The van der Waals surface area contributed by atoms with Crippen molar-refractivity contribution in [2.45, 2.75) is 0 Å². The van der Waals surface area contributed by atoms with Crippen LogP contribution in [0.4, 0.5) is 0 Å². The second-order valence-corrected chi connectivity index (χ2v) is 4.67. The van der Waals surface area contributed by atoms with Gasteiger partial charge in [0.25, 0.3) is 0 Å². The molecular weight excluding hydrogens is 294 g/mol. The zero-order valence-electron chi connectivity index (χ0n) is 12.7. The van der Waals surface area contributed by atoms with Crippen LogP contribution in [-0.2, 0) is 14.3 Å². The number of rotatable bonds is 8. The Labute approximate surface area is 134 Å². The number of ether oxygens (including phenoxy) is 3. The van der Waals surface area contributed by atoms with Crippen molar-refractivity contribution in [2.24, 2.45) is 0 Å². The van der Waals surface area contributed by atoms with E-state index >= 15 is 0 Å². The highest BCUT2D eigenvalue weighted by atomic mass is 16.6. The summed E-state index contributed by atoms with van der Waals surface area (Å²) in [4.78, 5) is 10.8. The van der Waals surface area contributed by atoms with Crippen molar-refractivity contribution in [3.8, 4) is 11.8 Å². The molecule has 0 aliphatic rings. The van der Waals surface area contributed by atoms with Gasteiger partial charge in [0.2, 0.25) is 0 Å². The predicted octanol–water partition coefficient (Wildman–Crippen LogP) is 2.84. The molecule has 0 aromatic heterocycles. The molecule has 2 rings (SSSR count). The van der Waals surface area contributed by atoms with Crippen LogP contribution in [0.3, 0.4) is 0 Å². The van der Waals surface area contributed by atoms with Gasteiger partial charge in [-0.05, 0) is 35.0 Å². The van der Waals surface area contributed by atoms with Crippen LogP contribution in [0.5, 0.6) is 5.75 Å². The number of esters is 1. The van der Waals surface area contributed by atoms with E-state index < -0.39 is 5.97 Å². The van der Waals surface area contributed by atoms with Gasteiger partial charge in [0, 0.05) is 6.08 Å². The number of nitriles is 1. The third kappa shape index (κ3) is 5.13. The van der Waals surface area contributed by atoms with E-state index in [-0.39, 0.29) is 6.61 Å². The Morgan fingerprint density at radius 3 is 2.61 bits per heavy atom. The maximum Gasteiger partial charge on any atom is 0.330 e. The first kappa shape index (κ1) is 16.5. The maximum absolute atomic E-state index is 10.8. The molecule has 0 saturated carbocycles. The minimum Gasteiger partial charge on any atom is -0.491 e. The second kappa shape index (κ2) is 8.57. The topological polar surface area (TPSA) is 68.6 Å². The van der Waals surface area contributed by atoms with Crippen molar-refractivity contribution < 1.29 is 19.0 Å². The first-order chi connectivity index (χ1) is 11.2. The molecule has 0 heterocycles. The molecule has 5 heteroatoms. The second-order valence-electron chi connectivity index (χ2n) is 4.67. The SMILES string of the molecule is C=CC(=O)OCCOCCOc1ccc2cc(C#N)ccc2c1. The summed E-state index contributed by atoms with van der Waals surface area (Å²) < 4.78 is 15.7. The predicted molar refractivity (Wildman–Crippen MR) is 86.1 cm³/mol. The Kier molecular flexibility index (Phi) is 6.16. The van der Waals surface area contributed by atoms with Gasteiger partial charge in [-0.3, -0.25) is 0 Å². The lowest BCUT2D eigenvalue weighted by Crippen LogP contribution is -2.12. The van der Waals surface area contributed by atoms with E-state index in [9.17, 15) is 4.79 Å². The van der Waals surface area contributed by atoms with E-state index in [2.05, 4.69) is 12.6 Å². The van der Waals surface area contributed by atoms with E-state index in [4.69, 9.17) is 19.5 Å². The van der Waals surface area contributed by atoms with E-state index in [0.29, 0.717) is 25.4 Å². The van der Waals surface area contributed by atoms with Crippen molar-refractivity contribution >= 4 is 16.7 Å². The lowest BCUT2D eigenvalue weighted by molar-refractivity contribution is -0.139. The third-order valence-electron chi connectivity index (χ3n) is 3.08. The molecule has 0 spiro atoms. The largest absolute Gasteiger partial charge is 0.491 e. The molecule has 2 aromatic carbocycles. The molecule has 23 heavy (non-hydrogen) atoms. The fourth-order valence-corrected chi connectivity index (χ4v) is 1.96. The highest BCUT2D eigenvalue weighted by Gasteiger charge is 2.00. The van der Waals surface area contributed by atoms with Gasteiger partial charge >= 0.3 is 5.97 Å². The quantitative estimate of drug-likeness (QED) is 0.426. The molecule has 2 aromatic rings. The zero-order chi connectivity index (χ0) is 16.5. The lowest BCUT2D eigenvalue weighted by atomic mass is 10.1. The molecule has 0 radical (unpaired) electrons. The summed E-state index contributed by atoms with van der Waals surface area (Å²) >= 11 is 0. The summed E-state index contributed by atoms with van der Waals surface area (Å²) in [6, 6.07) is 13.3. The van der Waals surface area contributed by atoms with Crippen molar-refractivity contribution in [3.63, 3.8) is 0 Å². The van der Waals surface area contributed by atoms with Crippen molar-refractivity contribution in [1.82, 2.24) is 0 Å². The summed E-state index contributed by atoms with van der Waals surface area (Å²) in [5.74, 6) is 0.282. The molecule has 0 bridgehead atoms. The van der Waals surface area contributed by atoms with Gasteiger partial charge in [-0.15, -0.1) is 0 Å². The first-order valence-corrected chi connectivity index (χ1v) is 7.16. The fraction of sp³-hybridized carbons (Fsp3) is 0.222. The van der Waals surface area contributed by atoms with Gasteiger partial charge in [0.15, 0.2) is 0 Å². The maximum atomic E-state index is 10.8. The average Bonchev–Trinajstić information content (AvgIpc) is 2.60. The van der Waals surface area contributed by atoms with Crippen LogP contribution < -0.4 is 4.74 Å². The summed E-state index contributed by atoms with van der Waals surface area (Å²) in [6.45, 7) is 4.62. The first-order valence-electron chi connectivity index (χ1n) is 7.16. The number of hydrogen-bond donors (Lipinski definition) is 0. The summed E-state index contributed by atoms with van der Waals surface area (Å²) in [6.07, 6.45) is 1.11. The molecule has 0 saturated heterocycles. The average molecular weight is 311 g/mol. The molecular formula is C18H17NO4.